The average molecular weight is 373 g/mol. The molecule has 1 N–H and O–H groups in total. The Balaban J connectivity index is 1.69. The van der Waals surface area contributed by atoms with Gasteiger partial charge in [-0.2, -0.15) is 8.78 Å². The highest BCUT2D eigenvalue weighted by molar-refractivity contribution is 5.93. The van der Waals surface area contributed by atoms with Crippen molar-refractivity contribution in [3.63, 3.8) is 0 Å². The first-order valence-electron chi connectivity index (χ1n) is 8.85. The fourth-order valence-electron chi connectivity index (χ4n) is 3.18. The highest BCUT2D eigenvalue weighted by Crippen LogP contribution is 2.32. The fourth-order valence-corrected chi connectivity index (χ4v) is 3.18. The predicted molar refractivity (Wildman–Crippen MR) is 97.2 cm³/mol. The van der Waals surface area contributed by atoms with Crippen LogP contribution in [0, 0.1) is 12.8 Å². The Morgan fingerprint density at radius 3 is 2.63 bits per heavy atom. The zero-order valence-corrected chi connectivity index (χ0v) is 15.0. The maximum Gasteiger partial charge on any atom is 0.349 e. The third kappa shape index (κ3) is 4.13. The zero-order chi connectivity index (χ0) is 19.4. The number of aryl methyl sites for hydroxylation is 1. The lowest BCUT2D eigenvalue weighted by Crippen LogP contribution is -2.49. The highest BCUT2D eigenvalue weighted by Gasteiger charge is 2.45. The van der Waals surface area contributed by atoms with Crippen molar-refractivity contribution in [3.05, 3.63) is 59.8 Å². The summed E-state index contributed by atoms with van der Waals surface area (Å²) >= 11 is 0. The lowest BCUT2D eigenvalue weighted by atomic mass is 9.96. The van der Waals surface area contributed by atoms with Gasteiger partial charge in [-0.05, 0) is 31.4 Å². The summed E-state index contributed by atoms with van der Waals surface area (Å²) in [5.74, 6) is -5.29. The van der Waals surface area contributed by atoms with Crippen molar-refractivity contribution >= 4 is 17.6 Å². The number of rotatable bonds is 4. The van der Waals surface area contributed by atoms with Gasteiger partial charge in [-0.25, -0.2) is 4.98 Å². The summed E-state index contributed by atoms with van der Waals surface area (Å²) in [6.45, 7) is 2.01. The largest absolute Gasteiger partial charge is 0.349 e. The van der Waals surface area contributed by atoms with Gasteiger partial charge in [0, 0.05) is 24.8 Å². The Hall–Kier alpha value is -2.83. The lowest BCUT2D eigenvalue weighted by molar-refractivity contribution is -0.161. The van der Waals surface area contributed by atoms with Gasteiger partial charge < -0.3 is 10.2 Å². The number of pyridine rings is 1. The first-order chi connectivity index (χ1) is 12.9. The van der Waals surface area contributed by atoms with Crippen LogP contribution in [0.3, 0.4) is 0 Å². The minimum atomic E-state index is -3.61. The first kappa shape index (κ1) is 18.9. The van der Waals surface area contributed by atoms with Gasteiger partial charge in [-0.1, -0.05) is 36.4 Å². The van der Waals surface area contributed by atoms with Crippen LogP contribution >= 0.6 is 0 Å². The zero-order valence-electron chi connectivity index (χ0n) is 15.0. The second kappa shape index (κ2) is 7.82. The molecule has 0 saturated carbocycles. The molecule has 1 aliphatic heterocycles. The van der Waals surface area contributed by atoms with Crippen molar-refractivity contribution < 1.29 is 18.4 Å². The van der Waals surface area contributed by atoms with E-state index in [9.17, 15) is 18.4 Å². The molecular formula is C20H21F2N3O2. The van der Waals surface area contributed by atoms with Crippen LogP contribution in [0.4, 0.5) is 14.6 Å². The topological polar surface area (TPSA) is 62.3 Å². The number of nitrogens with zero attached hydrogens (tertiary/aromatic N) is 2. The van der Waals surface area contributed by atoms with E-state index < -0.39 is 17.7 Å². The first-order valence-corrected chi connectivity index (χ1v) is 8.85. The van der Waals surface area contributed by atoms with Crippen LogP contribution in [-0.4, -0.2) is 34.8 Å². The quantitative estimate of drug-likeness (QED) is 0.894. The van der Waals surface area contributed by atoms with Crippen molar-refractivity contribution in [1.29, 1.82) is 0 Å². The molecule has 1 fully saturated rings. The molecule has 1 aromatic carbocycles. The van der Waals surface area contributed by atoms with Crippen molar-refractivity contribution in [2.24, 2.45) is 5.92 Å². The molecule has 0 aliphatic carbocycles. The maximum atomic E-state index is 14.6. The minimum absolute atomic E-state index is 0.0288. The number of halogens is 2. The van der Waals surface area contributed by atoms with E-state index in [1.54, 1.807) is 18.3 Å². The van der Waals surface area contributed by atoms with E-state index in [0.29, 0.717) is 18.7 Å². The number of hydrogen-bond donors (Lipinski definition) is 1. The van der Waals surface area contributed by atoms with Gasteiger partial charge in [0.05, 0.1) is 5.92 Å². The molecule has 7 heteroatoms. The van der Waals surface area contributed by atoms with Crippen molar-refractivity contribution in [3.8, 4) is 0 Å². The van der Waals surface area contributed by atoms with Gasteiger partial charge in [0.15, 0.2) is 0 Å². The molecule has 2 heterocycles. The molecule has 1 aliphatic rings. The number of hydrogen-bond acceptors (Lipinski definition) is 3. The summed E-state index contributed by atoms with van der Waals surface area (Å²) < 4.78 is 29.1. The average Bonchev–Trinajstić information content (AvgIpc) is 2.70. The Kier molecular flexibility index (Phi) is 5.48. The summed E-state index contributed by atoms with van der Waals surface area (Å²) in [6.07, 6.45) is 2.61. The van der Waals surface area contributed by atoms with Crippen LogP contribution in [0.2, 0.25) is 0 Å². The molecule has 2 aromatic rings. The van der Waals surface area contributed by atoms with Gasteiger partial charge >= 0.3 is 5.92 Å². The monoisotopic (exact) mass is 373 g/mol. The van der Waals surface area contributed by atoms with E-state index in [-0.39, 0.29) is 24.6 Å². The van der Waals surface area contributed by atoms with E-state index in [0.717, 1.165) is 10.5 Å². The molecule has 0 unspecified atom stereocenters. The molecule has 1 atom stereocenters. The molecular weight excluding hydrogens is 352 g/mol. The number of nitrogens with one attached hydrogen (secondary N) is 1. The molecule has 3 rings (SSSR count). The predicted octanol–water partition coefficient (Wildman–Crippen LogP) is 3.36. The molecule has 0 bridgehead atoms. The Morgan fingerprint density at radius 1 is 1.19 bits per heavy atom. The van der Waals surface area contributed by atoms with Crippen molar-refractivity contribution in [2.75, 3.05) is 18.4 Å². The van der Waals surface area contributed by atoms with Crippen LogP contribution in [0.15, 0.2) is 48.7 Å². The number of anilines is 1. The number of aromatic nitrogens is 1. The second-order valence-electron chi connectivity index (χ2n) is 6.69. The minimum Gasteiger partial charge on any atom is -0.336 e. The number of carbonyl (C=O) groups is 2. The van der Waals surface area contributed by atoms with E-state index in [4.69, 9.17) is 0 Å². The van der Waals surface area contributed by atoms with Crippen LogP contribution in [0.5, 0.6) is 0 Å². The summed E-state index contributed by atoms with van der Waals surface area (Å²) in [5.41, 5.74) is 0.468. The molecule has 27 heavy (non-hydrogen) atoms. The van der Waals surface area contributed by atoms with E-state index >= 15 is 0 Å². The molecule has 142 valence electrons. The van der Waals surface area contributed by atoms with Gasteiger partial charge in [-0.3, -0.25) is 9.59 Å². The standard InChI is InChI=1S/C20H21F2N3O2/c1-14-7-5-11-23-17(14)24-18(26)15-8-6-12-25(13-15)19(27)20(21,22)16-9-3-2-4-10-16/h2-5,7,9-11,15H,6,8,12-13H2,1H3,(H,23,24,26)/t15-/m1/s1. The van der Waals surface area contributed by atoms with Gasteiger partial charge in [0.2, 0.25) is 5.91 Å². The van der Waals surface area contributed by atoms with E-state index in [1.165, 1.54) is 24.3 Å². The smallest absolute Gasteiger partial charge is 0.336 e. The van der Waals surface area contributed by atoms with Crippen molar-refractivity contribution in [1.82, 2.24) is 9.88 Å². The lowest BCUT2D eigenvalue weighted by Gasteiger charge is -2.34. The van der Waals surface area contributed by atoms with Gasteiger partial charge in [-0.15, -0.1) is 0 Å². The third-order valence-corrected chi connectivity index (χ3v) is 4.74. The molecule has 5 nitrogen and oxygen atoms in total. The normalized spacial score (nSPS) is 17.4. The van der Waals surface area contributed by atoms with Crippen molar-refractivity contribution in [2.45, 2.75) is 25.7 Å². The number of carbonyl (C=O) groups excluding carboxylic acids is 2. The molecule has 1 aromatic heterocycles. The van der Waals surface area contributed by atoms with Crippen LogP contribution in [0.1, 0.15) is 24.0 Å². The Morgan fingerprint density at radius 2 is 1.93 bits per heavy atom. The maximum absolute atomic E-state index is 14.6. The summed E-state index contributed by atoms with van der Waals surface area (Å²) in [5, 5.41) is 2.73. The Bertz CT molecular complexity index is 827. The number of likely N-dealkylation sites (tertiary alicyclic amines) is 1. The SMILES string of the molecule is Cc1cccnc1NC(=O)[C@@H]1CCCN(C(=O)C(F)(F)c2ccccc2)C1. The number of alkyl halides is 2. The van der Waals surface area contributed by atoms with E-state index in [1.807, 2.05) is 13.0 Å². The third-order valence-electron chi connectivity index (χ3n) is 4.74. The number of piperidine rings is 1. The van der Waals surface area contributed by atoms with Crippen LogP contribution in [0.25, 0.3) is 0 Å². The molecule has 0 spiro atoms. The van der Waals surface area contributed by atoms with Gasteiger partial charge in [0.1, 0.15) is 5.82 Å². The molecule has 2 amide bonds. The second-order valence-corrected chi connectivity index (χ2v) is 6.69. The number of amides is 2. The summed E-state index contributed by atoms with van der Waals surface area (Å²) in [4.78, 5) is 30.2. The van der Waals surface area contributed by atoms with Gasteiger partial charge in [0.25, 0.3) is 5.91 Å². The summed E-state index contributed by atoms with van der Waals surface area (Å²) in [7, 11) is 0. The van der Waals surface area contributed by atoms with E-state index in [2.05, 4.69) is 10.3 Å². The van der Waals surface area contributed by atoms with Crippen LogP contribution < -0.4 is 5.32 Å². The summed E-state index contributed by atoms with van der Waals surface area (Å²) in [6, 6.07) is 10.6. The molecule has 1 saturated heterocycles. The molecule has 0 radical (unpaired) electrons. The highest BCUT2D eigenvalue weighted by atomic mass is 19.3. The fraction of sp³-hybridized carbons (Fsp3) is 0.350. The number of benzene rings is 1. The van der Waals surface area contributed by atoms with Crippen LogP contribution in [-0.2, 0) is 15.5 Å². The Labute approximate surface area is 156 Å².